The van der Waals surface area contributed by atoms with E-state index in [9.17, 15) is 14.7 Å². The molecule has 0 bridgehead atoms. The van der Waals surface area contributed by atoms with Gasteiger partial charge in [0, 0.05) is 33.0 Å². The Morgan fingerprint density at radius 2 is 1.61 bits per heavy atom. The van der Waals surface area contributed by atoms with E-state index in [0.29, 0.717) is 23.4 Å². The van der Waals surface area contributed by atoms with Crippen LogP contribution in [0, 0.1) is 0 Å². The molecule has 2 aromatic carbocycles. The lowest BCUT2D eigenvalue weighted by atomic mass is 10.0. The molecule has 4 aromatic rings. The number of carboxylic acids is 1. The van der Waals surface area contributed by atoms with Gasteiger partial charge in [-0.15, -0.1) is 22.7 Å². The van der Waals surface area contributed by atoms with E-state index in [2.05, 4.69) is 5.32 Å². The molecule has 0 radical (unpaired) electrons. The molecule has 0 aliphatic rings. The average molecular weight is 408 g/mol. The number of hydrogen-bond acceptors (Lipinski definition) is 4. The summed E-state index contributed by atoms with van der Waals surface area (Å²) in [7, 11) is 0. The van der Waals surface area contributed by atoms with E-state index in [1.807, 2.05) is 65.4 Å². The Morgan fingerprint density at radius 3 is 2.39 bits per heavy atom. The fourth-order valence-corrected chi connectivity index (χ4v) is 5.07. The molecule has 0 atom stereocenters. The van der Waals surface area contributed by atoms with Crippen molar-refractivity contribution < 1.29 is 14.7 Å². The fourth-order valence-electron chi connectivity index (χ4n) is 3.14. The van der Waals surface area contributed by atoms with Gasteiger partial charge in [0.05, 0.1) is 0 Å². The van der Waals surface area contributed by atoms with E-state index in [-0.39, 0.29) is 11.5 Å². The van der Waals surface area contributed by atoms with E-state index >= 15 is 0 Å². The number of rotatable bonds is 6. The number of thiophene rings is 2. The summed E-state index contributed by atoms with van der Waals surface area (Å²) in [5.74, 6) is -1.22. The number of benzene rings is 2. The van der Waals surface area contributed by atoms with Crippen molar-refractivity contribution in [3.63, 3.8) is 0 Å². The lowest BCUT2D eigenvalue weighted by molar-refractivity contribution is -0.116. The lowest BCUT2D eigenvalue weighted by Gasteiger charge is -2.06. The van der Waals surface area contributed by atoms with Crippen molar-refractivity contribution in [3.8, 4) is 11.1 Å². The van der Waals surface area contributed by atoms with E-state index in [1.54, 1.807) is 11.3 Å². The smallest absolute Gasteiger partial charge is 0.339 e. The van der Waals surface area contributed by atoms with Crippen LogP contribution in [0.5, 0.6) is 0 Å². The molecule has 0 aliphatic heterocycles. The number of carboxylic acid groups (broad SMARTS) is 1. The SMILES string of the molecule is O=C(CCc1ccccc1)Nc1scc(-c2csc3ccccc23)c1C(=O)O. The molecule has 2 aromatic heterocycles. The van der Waals surface area contributed by atoms with Gasteiger partial charge in [0.15, 0.2) is 0 Å². The van der Waals surface area contributed by atoms with Gasteiger partial charge >= 0.3 is 5.97 Å². The van der Waals surface area contributed by atoms with Gasteiger partial charge in [0.2, 0.25) is 5.91 Å². The summed E-state index contributed by atoms with van der Waals surface area (Å²) in [6.07, 6.45) is 0.917. The highest BCUT2D eigenvalue weighted by molar-refractivity contribution is 7.18. The lowest BCUT2D eigenvalue weighted by Crippen LogP contribution is -2.14. The molecular weight excluding hydrogens is 390 g/mol. The maximum absolute atomic E-state index is 12.4. The average Bonchev–Trinajstić information content (AvgIpc) is 3.31. The number of aromatic carboxylic acids is 1. The topological polar surface area (TPSA) is 66.4 Å². The van der Waals surface area contributed by atoms with Crippen LogP contribution in [0.1, 0.15) is 22.3 Å². The molecule has 0 unspecified atom stereocenters. The van der Waals surface area contributed by atoms with Gasteiger partial charge in [-0.05, 0) is 23.4 Å². The Bertz CT molecular complexity index is 1150. The van der Waals surface area contributed by atoms with E-state index < -0.39 is 5.97 Å². The van der Waals surface area contributed by atoms with E-state index in [1.165, 1.54) is 11.3 Å². The van der Waals surface area contributed by atoms with Crippen LogP contribution >= 0.6 is 22.7 Å². The van der Waals surface area contributed by atoms with Crippen molar-refractivity contribution in [3.05, 3.63) is 76.5 Å². The summed E-state index contributed by atoms with van der Waals surface area (Å²) in [5, 5.41) is 17.8. The number of aryl methyl sites for hydroxylation is 1. The molecule has 1 amide bonds. The van der Waals surface area contributed by atoms with Crippen molar-refractivity contribution in [2.75, 3.05) is 5.32 Å². The standard InChI is InChI=1S/C22H17NO3S2/c24-19(11-10-14-6-2-1-3-7-14)23-21-20(22(25)26)17(13-28-21)16-12-27-18-9-5-4-8-15(16)18/h1-9,12-13H,10-11H2,(H,23,24)(H,25,26). The largest absolute Gasteiger partial charge is 0.478 e. The minimum atomic E-state index is -1.04. The van der Waals surface area contributed by atoms with Gasteiger partial charge in [-0.2, -0.15) is 0 Å². The van der Waals surface area contributed by atoms with Crippen LogP contribution in [-0.2, 0) is 11.2 Å². The van der Waals surface area contributed by atoms with Gasteiger partial charge in [0.1, 0.15) is 10.6 Å². The third kappa shape index (κ3) is 3.69. The van der Waals surface area contributed by atoms with Crippen molar-refractivity contribution >= 4 is 49.6 Å². The number of carbonyl (C=O) groups excluding carboxylic acids is 1. The predicted molar refractivity (Wildman–Crippen MR) is 115 cm³/mol. The molecular formula is C22H17NO3S2. The van der Waals surface area contributed by atoms with Gasteiger partial charge in [-0.1, -0.05) is 48.5 Å². The number of anilines is 1. The monoisotopic (exact) mass is 407 g/mol. The van der Waals surface area contributed by atoms with Crippen LogP contribution in [0.25, 0.3) is 21.2 Å². The van der Waals surface area contributed by atoms with Gasteiger partial charge in [-0.3, -0.25) is 4.79 Å². The van der Waals surface area contributed by atoms with Gasteiger partial charge in [0.25, 0.3) is 0 Å². The van der Waals surface area contributed by atoms with Crippen LogP contribution in [0.15, 0.2) is 65.4 Å². The summed E-state index contributed by atoms with van der Waals surface area (Å²) in [5.41, 5.74) is 2.77. The second-order valence-electron chi connectivity index (χ2n) is 6.34. The van der Waals surface area contributed by atoms with Crippen LogP contribution < -0.4 is 5.32 Å². The maximum atomic E-state index is 12.4. The molecule has 0 spiro atoms. The second-order valence-corrected chi connectivity index (χ2v) is 8.13. The third-order valence-corrected chi connectivity index (χ3v) is 6.37. The summed E-state index contributed by atoms with van der Waals surface area (Å²) in [6.45, 7) is 0. The maximum Gasteiger partial charge on any atom is 0.339 e. The first-order valence-corrected chi connectivity index (χ1v) is 10.5. The summed E-state index contributed by atoms with van der Waals surface area (Å²) in [6, 6.07) is 17.7. The minimum absolute atomic E-state index is 0.154. The highest BCUT2D eigenvalue weighted by Gasteiger charge is 2.22. The van der Waals surface area contributed by atoms with Crippen LogP contribution in [-0.4, -0.2) is 17.0 Å². The Labute approximate surface area is 170 Å². The number of amides is 1. The van der Waals surface area contributed by atoms with Crippen molar-refractivity contribution in [2.24, 2.45) is 0 Å². The summed E-state index contributed by atoms with van der Waals surface area (Å²) >= 11 is 2.84. The fraction of sp³-hybridized carbons (Fsp3) is 0.0909. The molecule has 28 heavy (non-hydrogen) atoms. The Hall–Kier alpha value is -2.96. The first-order valence-electron chi connectivity index (χ1n) is 8.78. The zero-order chi connectivity index (χ0) is 19.5. The highest BCUT2D eigenvalue weighted by atomic mass is 32.1. The molecule has 2 N–H and O–H groups in total. The zero-order valence-electron chi connectivity index (χ0n) is 14.8. The summed E-state index contributed by atoms with van der Waals surface area (Å²) < 4.78 is 1.11. The van der Waals surface area contributed by atoms with Crippen molar-refractivity contribution in [2.45, 2.75) is 12.8 Å². The van der Waals surface area contributed by atoms with E-state index in [0.717, 1.165) is 21.2 Å². The summed E-state index contributed by atoms with van der Waals surface area (Å²) in [4.78, 5) is 24.3. The number of nitrogens with one attached hydrogen (secondary N) is 1. The molecule has 4 rings (SSSR count). The molecule has 6 heteroatoms. The molecule has 0 aliphatic carbocycles. The minimum Gasteiger partial charge on any atom is -0.478 e. The predicted octanol–water partition coefficient (Wildman–Crippen LogP) is 5.90. The molecule has 2 heterocycles. The molecule has 0 saturated heterocycles. The van der Waals surface area contributed by atoms with E-state index in [4.69, 9.17) is 0 Å². The normalized spacial score (nSPS) is 10.9. The Balaban J connectivity index is 1.58. The van der Waals surface area contributed by atoms with Crippen LogP contribution in [0.3, 0.4) is 0 Å². The number of fused-ring (bicyclic) bond motifs is 1. The van der Waals surface area contributed by atoms with Crippen LogP contribution in [0.2, 0.25) is 0 Å². The molecule has 0 fully saturated rings. The first kappa shape index (κ1) is 18.4. The third-order valence-electron chi connectivity index (χ3n) is 4.51. The second kappa shape index (κ2) is 7.96. The first-order chi connectivity index (χ1) is 13.6. The van der Waals surface area contributed by atoms with Crippen molar-refractivity contribution in [1.29, 1.82) is 0 Å². The van der Waals surface area contributed by atoms with Gasteiger partial charge in [-0.25, -0.2) is 4.79 Å². The Morgan fingerprint density at radius 1 is 0.893 bits per heavy atom. The molecule has 140 valence electrons. The molecule has 0 saturated carbocycles. The number of carbonyl (C=O) groups is 2. The Kier molecular flexibility index (Phi) is 5.23. The molecule has 4 nitrogen and oxygen atoms in total. The zero-order valence-corrected chi connectivity index (χ0v) is 16.5. The highest BCUT2D eigenvalue weighted by Crippen LogP contribution is 2.41. The van der Waals surface area contributed by atoms with Crippen molar-refractivity contribution in [1.82, 2.24) is 0 Å². The quantitative estimate of drug-likeness (QED) is 0.418. The van der Waals surface area contributed by atoms with Gasteiger partial charge < -0.3 is 10.4 Å². The van der Waals surface area contributed by atoms with Crippen LogP contribution in [0.4, 0.5) is 5.00 Å². The number of hydrogen-bond donors (Lipinski definition) is 2.